The number of likely N-dealkylation sites (N-methyl/N-ethyl adjacent to an activating group) is 1. The van der Waals surface area contributed by atoms with Crippen molar-refractivity contribution in [1.82, 2.24) is 10.6 Å². The Morgan fingerprint density at radius 2 is 2.29 bits per heavy atom. The number of hydrogen-bond acceptors (Lipinski definition) is 3. The predicted molar refractivity (Wildman–Crippen MR) is 53.7 cm³/mol. The minimum atomic E-state index is -0.549. The summed E-state index contributed by atoms with van der Waals surface area (Å²) in [6, 6.07) is 3.62. The molecular weight excluding hydrogens is 180 g/mol. The molecule has 0 spiro atoms. The monoisotopic (exact) mass is 196 g/mol. The van der Waals surface area contributed by atoms with E-state index in [-0.39, 0.29) is 5.91 Å². The number of furan rings is 1. The van der Waals surface area contributed by atoms with E-state index in [0.717, 1.165) is 5.76 Å². The van der Waals surface area contributed by atoms with E-state index in [1.165, 1.54) is 0 Å². The van der Waals surface area contributed by atoms with Crippen LogP contribution in [-0.4, -0.2) is 18.5 Å². The zero-order chi connectivity index (χ0) is 10.6. The first kappa shape index (κ1) is 10.8. The molecule has 4 nitrogen and oxygen atoms in total. The molecular formula is C10H16N2O2. The quantitative estimate of drug-likeness (QED) is 0.752. The molecule has 0 saturated heterocycles. The fourth-order valence-electron chi connectivity index (χ4n) is 0.915. The molecule has 0 aromatic carbocycles. The normalized spacial score (nSPS) is 11.4. The van der Waals surface area contributed by atoms with Crippen molar-refractivity contribution in [3.8, 4) is 0 Å². The van der Waals surface area contributed by atoms with Gasteiger partial charge in [-0.1, -0.05) is 0 Å². The van der Waals surface area contributed by atoms with Gasteiger partial charge >= 0.3 is 0 Å². The third kappa shape index (κ3) is 2.60. The molecule has 0 radical (unpaired) electrons. The molecule has 1 rings (SSSR count). The lowest BCUT2D eigenvalue weighted by atomic mass is 10.1. The predicted octanol–water partition coefficient (Wildman–Crippen LogP) is 0.894. The molecule has 4 heteroatoms. The van der Waals surface area contributed by atoms with E-state index >= 15 is 0 Å². The first-order valence-electron chi connectivity index (χ1n) is 4.56. The summed E-state index contributed by atoms with van der Waals surface area (Å²) in [6.45, 7) is 4.08. The smallest absolute Gasteiger partial charge is 0.240 e. The van der Waals surface area contributed by atoms with Crippen LogP contribution in [0.25, 0.3) is 0 Å². The Morgan fingerprint density at radius 3 is 2.79 bits per heavy atom. The van der Waals surface area contributed by atoms with Crippen LogP contribution in [0.15, 0.2) is 22.8 Å². The molecule has 2 N–H and O–H groups in total. The number of rotatable bonds is 4. The molecule has 0 aliphatic rings. The first-order chi connectivity index (χ1) is 6.56. The summed E-state index contributed by atoms with van der Waals surface area (Å²) in [5.41, 5.74) is -0.549. The van der Waals surface area contributed by atoms with Crippen LogP contribution < -0.4 is 10.6 Å². The number of carbonyl (C=O) groups is 1. The van der Waals surface area contributed by atoms with Crippen LogP contribution in [0.5, 0.6) is 0 Å². The third-order valence-corrected chi connectivity index (χ3v) is 2.20. The molecule has 0 unspecified atom stereocenters. The van der Waals surface area contributed by atoms with E-state index in [1.807, 2.05) is 19.9 Å². The molecule has 1 amide bonds. The van der Waals surface area contributed by atoms with Gasteiger partial charge in [-0.15, -0.1) is 0 Å². The summed E-state index contributed by atoms with van der Waals surface area (Å²) in [5, 5.41) is 5.71. The Balaban J connectivity index is 2.43. The lowest BCUT2D eigenvalue weighted by Gasteiger charge is -2.22. The highest BCUT2D eigenvalue weighted by atomic mass is 16.3. The molecule has 14 heavy (non-hydrogen) atoms. The van der Waals surface area contributed by atoms with E-state index in [0.29, 0.717) is 6.54 Å². The highest BCUT2D eigenvalue weighted by Crippen LogP contribution is 2.03. The highest BCUT2D eigenvalue weighted by molar-refractivity contribution is 5.85. The fraction of sp³-hybridized carbons (Fsp3) is 0.500. The van der Waals surface area contributed by atoms with Gasteiger partial charge in [0.15, 0.2) is 0 Å². The highest BCUT2D eigenvalue weighted by Gasteiger charge is 2.24. The average molecular weight is 196 g/mol. The van der Waals surface area contributed by atoms with Gasteiger partial charge in [-0.25, -0.2) is 0 Å². The van der Waals surface area contributed by atoms with Crippen LogP contribution in [-0.2, 0) is 11.3 Å². The molecule has 0 bridgehead atoms. The lowest BCUT2D eigenvalue weighted by molar-refractivity contribution is -0.126. The Hall–Kier alpha value is -1.29. The minimum absolute atomic E-state index is 0.0450. The van der Waals surface area contributed by atoms with E-state index < -0.39 is 5.54 Å². The van der Waals surface area contributed by atoms with Gasteiger partial charge in [0.2, 0.25) is 5.91 Å². The Labute approximate surface area is 83.7 Å². The number of hydrogen-bond donors (Lipinski definition) is 2. The van der Waals surface area contributed by atoms with Gasteiger partial charge < -0.3 is 15.1 Å². The van der Waals surface area contributed by atoms with Gasteiger partial charge in [0.1, 0.15) is 5.76 Å². The van der Waals surface area contributed by atoms with Gasteiger partial charge in [0.25, 0.3) is 0 Å². The standard InChI is InChI=1S/C10H16N2O2/c1-10(2,11-3)9(13)12-7-8-5-4-6-14-8/h4-6,11H,7H2,1-3H3,(H,12,13). The van der Waals surface area contributed by atoms with Crippen molar-refractivity contribution in [2.45, 2.75) is 25.9 Å². The fourth-order valence-corrected chi connectivity index (χ4v) is 0.915. The first-order valence-corrected chi connectivity index (χ1v) is 4.56. The number of amides is 1. The second-order valence-corrected chi connectivity index (χ2v) is 3.64. The number of nitrogens with one attached hydrogen (secondary N) is 2. The van der Waals surface area contributed by atoms with Crippen LogP contribution in [0, 0.1) is 0 Å². The Kier molecular flexibility index (Phi) is 3.30. The van der Waals surface area contributed by atoms with E-state index in [4.69, 9.17) is 4.42 Å². The molecule has 1 heterocycles. The average Bonchev–Trinajstić information content (AvgIpc) is 2.66. The molecule has 1 aromatic heterocycles. The maximum Gasteiger partial charge on any atom is 0.240 e. The summed E-state index contributed by atoms with van der Waals surface area (Å²) < 4.78 is 5.10. The van der Waals surface area contributed by atoms with Crippen LogP contribution in [0.3, 0.4) is 0 Å². The third-order valence-electron chi connectivity index (χ3n) is 2.20. The molecule has 0 aliphatic carbocycles. The lowest BCUT2D eigenvalue weighted by Crippen LogP contribution is -2.50. The van der Waals surface area contributed by atoms with Crippen molar-refractivity contribution in [3.05, 3.63) is 24.2 Å². The largest absolute Gasteiger partial charge is 0.467 e. The summed E-state index contributed by atoms with van der Waals surface area (Å²) >= 11 is 0. The second-order valence-electron chi connectivity index (χ2n) is 3.64. The topological polar surface area (TPSA) is 54.3 Å². The van der Waals surface area contributed by atoms with Gasteiger partial charge in [0, 0.05) is 0 Å². The van der Waals surface area contributed by atoms with Crippen molar-refractivity contribution in [2.75, 3.05) is 7.05 Å². The van der Waals surface area contributed by atoms with Gasteiger partial charge in [0.05, 0.1) is 18.3 Å². The van der Waals surface area contributed by atoms with Crippen molar-refractivity contribution in [1.29, 1.82) is 0 Å². The summed E-state index contributed by atoms with van der Waals surface area (Å²) in [6.07, 6.45) is 1.59. The Bertz CT molecular complexity index is 291. The maximum absolute atomic E-state index is 11.6. The van der Waals surface area contributed by atoms with E-state index in [2.05, 4.69) is 10.6 Å². The maximum atomic E-state index is 11.6. The molecule has 0 fully saturated rings. The number of carbonyl (C=O) groups excluding carboxylic acids is 1. The van der Waals surface area contributed by atoms with Crippen molar-refractivity contribution < 1.29 is 9.21 Å². The summed E-state index contributed by atoms with van der Waals surface area (Å²) in [4.78, 5) is 11.6. The van der Waals surface area contributed by atoms with Gasteiger partial charge in [-0.3, -0.25) is 4.79 Å². The summed E-state index contributed by atoms with van der Waals surface area (Å²) in [7, 11) is 1.76. The zero-order valence-corrected chi connectivity index (χ0v) is 8.76. The van der Waals surface area contributed by atoms with Crippen molar-refractivity contribution in [2.24, 2.45) is 0 Å². The molecule has 0 saturated carbocycles. The van der Waals surface area contributed by atoms with E-state index in [1.54, 1.807) is 19.4 Å². The van der Waals surface area contributed by atoms with Crippen LogP contribution >= 0.6 is 0 Å². The van der Waals surface area contributed by atoms with Crippen LogP contribution in [0.1, 0.15) is 19.6 Å². The molecule has 78 valence electrons. The SMILES string of the molecule is CNC(C)(C)C(=O)NCc1ccco1. The van der Waals surface area contributed by atoms with Gasteiger partial charge in [-0.2, -0.15) is 0 Å². The van der Waals surface area contributed by atoms with Crippen molar-refractivity contribution in [3.63, 3.8) is 0 Å². The second kappa shape index (κ2) is 4.28. The molecule has 0 aliphatic heterocycles. The Morgan fingerprint density at radius 1 is 1.57 bits per heavy atom. The minimum Gasteiger partial charge on any atom is -0.467 e. The van der Waals surface area contributed by atoms with Crippen LogP contribution in [0.2, 0.25) is 0 Å². The summed E-state index contributed by atoms with van der Waals surface area (Å²) in [5.74, 6) is 0.710. The van der Waals surface area contributed by atoms with Crippen molar-refractivity contribution >= 4 is 5.91 Å². The van der Waals surface area contributed by atoms with Crippen LogP contribution in [0.4, 0.5) is 0 Å². The zero-order valence-electron chi connectivity index (χ0n) is 8.76. The molecule has 0 atom stereocenters. The molecule has 1 aromatic rings. The van der Waals surface area contributed by atoms with E-state index in [9.17, 15) is 4.79 Å². The van der Waals surface area contributed by atoms with Gasteiger partial charge in [-0.05, 0) is 33.0 Å².